The van der Waals surface area contributed by atoms with Crippen LogP contribution in [0.5, 0.6) is 5.75 Å². The van der Waals surface area contributed by atoms with E-state index in [2.05, 4.69) is 17.1 Å². The lowest BCUT2D eigenvalue weighted by Crippen LogP contribution is -2.07. The molecule has 0 saturated heterocycles. The lowest BCUT2D eigenvalue weighted by Gasteiger charge is -2.07. The largest absolute Gasteiger partial charge is 0.494 e. The molecule has 6 nitrogen and oxygen atoms in total. The molecule has 0 aliphatic heterocycles. The van der Waals surface area contributed by atoms with E-state index in [1.54, 1.807) is 6.92 Å². The van der Waals surface area contributed by atoms with Crippen molar-refractivity contribution >= 4 is 17.7 Å². The topological polar surface area (TPSA) is 66.2 Å². The molecule has 0 saturated carbocycles. The number of carbonyl (C=O) groups is 1. The Kier molecular flexibility index (Phi) is 7.11. The molecule has 0 aliphatic rings. The zero-order chi connectivity index (χ0) is 17.4. The van der Waals surface area contributed by atoms with Crippen LogP contribution in [0.25, 0.3) is 11.4 Å². The number of ether oxygens (including phenoxy) is 2. The first-order valence-corrected chi connectivity index (χ1v) is 9.05. The Bertz CT molecular complexity index is 656. The van der Waals surface area contributed by atoms with Gasteiger partial charge in [-0.05, 0) is 37.6 Å². The maximum Gasteiger partial charge on any atom is 0.316 e. The standard InChI is InChI=1S/C17H23N3O3S/c1-4-6-11-23-14-9-7-13(8-10-14)16-18-19-17(20(16)3)24-12-15(21)22-5-2/h7-10H,4-6,11-12H2,1-3H3. The molecule has 24 heavy (non-hydrogen) atoms. The van der Waals surface area contributed by atoms with Crippen molar-refractivity contribution in [2.75, 3.05) is 19.0 Å². The minimum atomic E-state index is -0.249. The minimum Gasteiger partial charge on any atom is -0.494 e. The van der Waals surface area contributed by atoms with E-state index in [9.17, 15) is 4.79 Å². The zero-order valence-corrected chi connectivity index (χ0v) is 15.1. The first-order chi connectivity index (χ1) is 11.7. The maximum atomic E-state index is 11.4. The van der Waals surface area contributed by atoms with Crippen LogP contribution in [0, 0.1) is 0 Å². The van der Waals surface area contributed by atoms with E-state index in [0.29, 0.717) is 11.8 Å². The predicted molar refractivity (Wildman–Crippen MR) is 94.2 cm³/mol. The molecule has 1 aromatic carbocycles. The van der Waals surface area contributed by atoms with Crippen molar-refractivity contribution in [2.24, 2.45) is 7.05 Å². The summed E-state index contributed by atoms with van der Waals surface area (Å²) in [5.41, 5.74) is 0.954. The fourth-order valence-electron chi connectivity index (χ4n) is 2.05. The Morgan fingerprint density at radius 3 is 2.62 bits per heavy atom. The van der Waals surface area contributed by atoms with Crippen molar-refractivity contribution in [3.05, 3.63) is 24.3 Å². The van der Waals surface area contributed by atoms with Crippen molar-refractivity contribution < 1.29 is 14.3 Å². The van der Waals surface area contributed by atoms with Gasteiger partial charge in [0.2, 0.25) is 0 Å². The Morgan fingerprint density at radius 2 is 1.96 bits per heavy atom. The molecule has 7 heteroatoms. The number of rotatable bonds is 9. The molecule has 1 aromatic heterocycles. The van der Waals surface area contributed by atoms with Gasteiger partial charge in [-0.2, -0.15) is 0 Å². The fraction of sp³-hybridized carbons (Fsp3) is 0.471. The minimum absolute atomic E-state index is 0.226. The van der Waals surface area contributed by atoms with Crippen LogP contribution in [0.3, 0.4) is 0 Å². The molecule has 0 N–H and O–H groups in total. The van der Waals surface area contributed by atoms with E-state index in [1.807, 2.05) is 35.9 Å². The second-order valence-electron chi connectivity index (χ2n) is 5.19. The van der Waals surface area contributed by atoms with Gasteiger partial charge in [-0.1, -0.05) is 25.1 Å². The van der Waals surface area contributed by atoms with E-state index in [-0.39, 0.29) is 11.7 Å². The third-order valence-electron chi connectivity index (χ3n) is 3.34. The van der Waals surface area contributed by atoms with Gasteiger partial charge in [-0.3, -0.25) is 4.79 Å². The molecule has 0 aliphatic carbocycles. The predicted octanol–water partition coefficient (Wildman–Crippen LogP) is 3.32. The number of benzene rings is 1. The van der Waals surface area contributed by atoms with Crippen LogP contribution in [0.15, 0.2) is 29.4 Å². The van der Waals surface area contributed by atoms with Crippen molar-refractivity contribution in [1.82, 2.24) is 14.8 Å². The average molecular weight is 349 g/mol. The maximum absolute atomic E-state index is 11.4. The van der Waals surface area contributed by atoms with Crippen LogP contribution in [-0.2, 0) is 16.6 Å². The first-order valence-electron chi connectivity index (χ1n) is 8.06. The highest BCUT2D eigenvalue weighted by atomic mass is 32.2. The molecule has 0 radical (unpaired) electrons. The molecule has 130 valence electrons. The summed E-state index contributed by atoms with van der Waals surface area (Å²) in [5.74, 6) is 1.58. The van der Waals surface area contributed by atoms with Gasteiger partial charge in [-0.15, -0.1) is 10.2 Å². The van der Waals surface area contributed by atoms with Gasteiger partial charge in [0, 0.05) is 12.6 Å². The molecule has 2 aromatic rings. The summed E-state index contributed by atoms with van der Waals surface area (Å²) in [7, 11) is 1.88. The average Bonchev–Trinajstić information content (AvgIpc) is 2.95. The Labute approximate surface area is 146 Å². The van der Waals surface area contributed by atoms with Crippen LogP contribution in [-0.4, -0.2) is 39.7 Å². The summed E-state index contributed by atoms with van der Waals surface area (Å²) in [6, 6.07) is 7.80. The molecule has 0 unspecified atom stereocenters. The zero-order valence-electron chi connectivity index (χ0n) is 14.3. The van der Waals surface area contributed by atoms with Gasteiger partial charge >= 0.3 is 5.97 Å². The van der Waals surface area contributed by atoms with Crippen molar-refractivity contribution in [3.8, 4) is 17.1 Å². The Hall–Kier alpha value is -2.02. The number of nitrogens with zero attached hydrogens (tertiary/aromatic N) is 3. The summed E-state index contributed by atoms with van der Waals surface area (Å²) in [6.07, 6.45) is 2.16. The van der Waals surface area contributed by atoms with Crippen molar-refractivity contribution in [1.29, 1.82) is 0 Å². The molecule has 0 fully saturated rings. The molecule has 2 rings (SSSR count). The molecule has 0 amide bonds. The molecule has 0 spiro atoms. The van der Waals surface area contributed by atoms with Gasteiger partial charge in [0.15, 0.2) is 11.0 Å². The second-order valence-corrected chi connectivity index (χ2v) is 6.13. The van der Waals surface area contributed by atoms with E-state index in [4.69, 9.17) is 9.47 Å². The van der Waals surface area contributed by atoms with E-state index >= 15 is 0 Å². The van der Waals surface area contributed by atoms with E-state index in [1.165, 1.54) is 11.8 Å². The smallest absolute Gasteiger partial charge is 0.316 e. The number of esters is 1. The molecule has 0 atom stereocenters. The number of unbranched alkanes of at least 4 members (excludes halogenated alkanes) is 1. The van der Waals surface area contributed by atoms with Gasteiger partial charge in [0.1, 0.15) is 5.75 Å². The molecular formula is C17H23N3O3S. The number of hydrogen-bond acceptors (Lipinski definition) is 6. The Balaban J connectivity index is 2.00. The summed E-state index contributed by atoms with van der Waals surface area (Å²) in [4.78, 5) is 11.4. The van der Waals surface area contributed by atoms with E-state index < -0.39 is 0 Å². The fourth-order valence-corrected chi connectivity index (χ4v) is 2.76. The van der Waals surface area contributed by atoms with Crippen LogP contribution < -0.4 is 4.74 Å². The van der Waals surface area contributed by atoms with Gasteiger partial charge < -0.3 is 14.0 Å². The third-order valence-corrected chi connectivity index (χ3v) is 4.33. The molecular weight excluding hydrogens is 326 g/mol. The highest BCUT2D eigenvalue weighted by Gasteiger charge is 2.13. The number of hydrogen-bond donors (Lipinski definition) is 0. The van der Waals surface area contributed by atoms with Crippen LogP contribution in [0.1, 0.15) is 26.7 Å². The highest BCUT2D eigenvalue weighted by Crippen LogP contribution is 2.24. The SMILES string of the molecule is CCCCOc1ccc(-c2nnc(SCC(=O)OCC)n2C)cc1. The monoisotopic (exact) mass is 349 g/mol. The summed E-state index contributed by atoms with van der Waals surface area (Å²) in [5, 5.41) is 9.04. The lowest BCUT2D eigenvalue weighted by atomic mass is 10.2. The lowest BCUT2D eigenvalue weighted by molar-refractivity contribution is -0.139. The first kappa shape index (κ1) is 18.3. The number of aromatic nitrogens is 3. The highest BCUT2D eigenvalue weighted by molar-refractivity contribution is 7.99. The van der Waals surface area contributed by atoms with Crippen LogP contribution in [0.2, 0.25) is 0 Å². The van der Waals surface area contributed by atoms with Crippen LogP contribution in [0.4, 0.5) is 0 Å². The second kappa shape index (κ2) is 9.32. The molecule has 1 heterocycles. The van der Waals surface area contributed by atoms with Gasteiger partial charge in [0.05, 0.1) is 19.0 Å². The van der Waals surface area contributed by atoms with Crippen molar-refractivity contribution in [2.45, 2.75) is 31.8 Å². The normalized spacial score (nSPS) is 10.6. The quantitative estimate of drug-likeness (QED) is 0.393. The summed E-state index contributed by atoms with van der Waals surface area (Å²) >= 11 is 1.32. The van der Waals surface area contributed by atoms with E-state index in [0.717, 1.165) is 36.6 Å². The number of carbonyl (C=O) groups excluding carboxylic acids is 1. The summed E-state index contributed by atoms with van der Waals surface area (Å²) in [6.45, 7) is 5.04. The summed E-state index contributed by atoms with van der Waals surface area (Å²) < 4.78 is 12.5. The van der Waals surface area contributed by atoms with Gasteiger partial charge in [0.25, 0.3) is 0 Å². The Morgan fingerprint density at radius 1 is 1.21 bits per heavy atom. The third kappa shape index (κ3) is 4.99. The van der Waals surface area contributed by atoms with Gasteiger partial charge in [-0.25, -0.2) is 0 Å². The molecule has 0 bridgehead atoms. The van der Waals surface area contributed by atoms with Crippen molar-refractivity contribution in [3.63, 3.8) is 0 Å². The number of thioether (sulfide) groups is 1. The van der Waals surface area contributed by atoms with Crippen LogP contribution >= 0.6 is 11.8 Å².